The van der Waals surface area contributed by atoms with E-state index in [0.29, 0.717) is 23.0 Å². The molecule has 3 aromatic rings. The summed E-state index contributed by atoms with van der Waals surface area (Å²) >= 11 is 9.02. The maximum atomic E-state index is 13.4. The van der Waals surface area contributed by atoms with Gasteiger partial charge in [-0.2, -0.15) is 11.3 Å². The van der Waals surface area contributed by atoms with Gasteiger partial charge in [0.2, 0.25) is 5.91 Å². The number of carbonyl (C=O) groups is 2. The third kappa shape index (κ3) is 4.73. The lowest BCUT2D eigenvalue weighted by Crippen LogP contribution is -2.50. The van der Waals surface area contributed by atoms with E-state index in [9.17, 15) is 14.7 Å². The first-order valence-corrected chi connectivity index (χ1v) is 13.8. The molecule has 0 radical (unpaired) electrons. The molecule has 1 saturated heterocycles. The van der Waals surface area contributed by atoms with Gasteiger partial charge in [-0.1, -0.05) is 47.6 Å². The monoisotopic (exact) mass is 539 g/mol. The first-order chi connectivity index (χ1) is 17.4. The van der Waals surface area contributed by atoms with Crippen molar-refractivity contribution in [1.82, 2.24) is 10.2 Å². The van der Waals surface area contributed by atoms with Gasteiger partial charge >= 0.3 is 0 Å². The smallest absolute Gasteiger partial charge is 0.262 e. The number of hydrogen-bond donors (Lipinski definition) is 2. The molecule has 0 spiro atoms. The van der Waals surface area contributed by atoms with Gasteiger partial charge in [-0.25, -0.2) is 0 Å². The molecule has 1 atom stereocenters. The Morgan fingerprint density at radius 3 is 2.39 bits per heavy atom. The number of halogens is 1. The molecule has 1 fully saturated rings. The van der Waals surface area contributed by atoms with Crippen molar-refractivity contribution in [2.45, 2.75) is 23.8 Å². The van der Waals surface area contributed by atoms with Crippen LogP contribution in [-0.2, 0) is 15.1 Å². The molecule has 6 nitrogen and oxygen atoms in total. The highest BCUT2D eigenvalue weighted by Crippen LogP contribution is 2.44. The van der Waals surface area contributed by atoms with Gasteiger partial charge in [-0.3, -0.25) is 9.59 Å². The fraction of sp³-hybridized carbons (Fsp3) is 0.259. The number of anilines is 1. The Kier molecular flexibility index (Phi) is 7.01. The molecule has 3 heterocycles. The summed E-state index contributed by atoms with van der Waals surface area (Å²) in [6.45, 7) is 4.57. The van der Waals surface area contributed by atoms with Crippen LogP contribution in [0.15, 0.2) is 80.9 Å². The number of benzene rings is 2. The molecular weight excluding hydrogens is 514 g/mol. The van der Waals surface area contributed by atoms with E-state index >= 15 is 0 Å². The molecule has 0 saturated carbocycles. The average Bonchev–Trinajstić information content (AvgIpc) is 3.43. The highest BCUT2D eigenvalue weighted by molar-refractivity contribution is 8.04. The molecule has 9 heteroatoms. The van der Waals surface area contributed by atoms with E-state index in [4.69, 9.17) is 11.6 Å². The summed E-state index contributed by atoms with van der Waals surface area (Å²) in [5.41, 5.74) is 2.02. The number of aliphatic hydroxyl groups is 1. The van der Waals surface area contributed by atoms with Gasteiger partial charge in [0.1, 0.15) is 10.7 Å². The van der Waals surface area contributed by atoms with Crippen LogP contribution in [-0.4, -0.2) is 48.0 Å². The second kappa shape index (κ2) is 10.2. The molecule has 2 aliphatic heterocycles. The molecule has 2 aromatic carbocycles. The number of thioether (sulfide) groups is 1. The predicted octanol–water partition coefficient (Wildman–Crippen LogP) is 5.40. The molecule has 5 rings (SSSR count). The van der Waals surface area contributed by atoms with Gasteiger partial charge in [-0.05, 0) is 52.2 Å². The van der Waals surface area contributed by atoms with Crippen LogP contribution < -0.4 is 10.2 Å². The van der Waals surface area contributed by atoms with Crippen LogP contribution in [0, 0.1) is 0 Å². The van der Waals surface area contributed by atoms with Crippen LogP contribution in [0.5, 0.6) is 0 Å². The minimum absolute atomic E-state index is 0.0410. The zero-order valence-corrected chi connectivity index (χ0v) is 22.1. The predicted molar refractivity (Wildman–Crippen MR) is 146 cm³/mol. The number of aliphatic hydroxyl groups excluding tert-OH is 1. The van der Waals surface area contributed by atoms with Gasteiger partial charge in [0, 0.05) is 50.1 Å². The first kappa shape index (κ1) is 24.7. The number of thiophene rings is 1. The van der Waals surface area contributed by atoms with Crippen LogP contribution in [0.3, 0.4) is 0 Å². The molecular formula is C27H26ClN3O3S2. The van der Waals surface area contributed by atoms with Crippen LogP contribution >= 0.6 is 34.7 Å². The summed E-state index contributed by atoms with van der Waals surface area (Å²) in [6, 6.07) is 17.4. The van der Waals surface area contributed by atoms with Gasteiger partial charge < -0.3 is 20.2 Å². The Morgan fingerprint density at radius 1 is 1.06 bits per heavy atom. The van der Waals surface area contributed by atoms with Gasteiger partial charge in [-0.15, -0.1) is 0 Å². The lowest BCUT2D eigenvalue weighted by Gasteiger charge is -2.39. The number of hydrogen-bond acceptors (Lipinski definition) is 6. The minimum Gasteiger partial charge on any atom is -0.511 e. The maximum absolute atomic E-state index is 13.4. The highest BCUT2D eigenvalue weighted by atomic mass is 35.5. The van der Waals surface area contributed by atoms with E-state index in [2.05, 4.69) is 10.2 Å². The zero-order chi connectivity index (χ0) is 25.3. The molecule has 186 valence electrons. The molecule has 0 aliphatic carbocycles. The average molecular weight is 540 g/mol. The highest BCUT2D eigenvalue weighted by Gasteiger charge is 2.43. The van der Waals surface area contributed by atoms with Crippen molar-refractivity contribution >= 4 is 52.2 Å². The van der Waals surface area contributed by atoms with Gasteiger partial charge in [0.25, 0.3) is 5.91 Å². The van der Waals surface area contributed by atoms with Crippen molar-refractivity contribution in [1.29, 1.82) is 0 Å². The Labute approximate surface area is 223 Å². The van der Waals surface area contributed by atoms with Crippen molar-refractivity contribution in [3.8, 4) is 0 Å². The van der Waals surface area contributed by atoms with Gasteiger partial charge in [0.05, 0.1) is 10.6 Å². The normalized spacial score (nSPS) is 20.4. The number of piperazine rings is 1. The summed E-state index contributed by atoms with van der Waals surface area (Å²) in [6.07, 6.45) is 0.235. The van der Waals surface area contributed by atoms with Crippen molar-refractivity contribution in [2.75, 3.05) is 31.1 Å². The lowest BCUT2D eigenvalue weighted by atomic mass is 9.79. The van der Waals surface area contributed by atoms with Crippen LogP contribution in [0.4, 0.5) is 5.69 Å². The zero-order valence-electron chi connectivity index (χ0n) is 19.7. The second-order valence-corrected chi connectivity index (χ2v) is 11.1. The lowest BCUT2D eigenvalue weighted by molar-refractivity contribution is -0.129. The van der Waals surface area contributed by atoms with Gasteiger partial charge in [0.15, 0.2) is 0 Å². The van der Waals surface area contributed by atoms with E-state index in [0.717, 1.165) is 29.9 Å². The van der Waals surface area contributed by atoms with E-state index in [1.54, 1.807) is 24.3 Å². The standard InChI is InChI=1S/C27H26ClN3O3S2/c1-18(32)30-11-13-31(14-12-30)21-8-6-19(7-9-21)27(20-10-15-35-17-20)16-23(33)25(26(34)29-27)36-24-5-3-2-4-22(24)28/h2-10,15,17,33H,11-14,16H2,1H3,(H,29,34). The summed E-state index contributed by atoms with van der Waals surface area (Å²) in [4.78, 5) is 30.1. The second-order valence-electron chi connectivity index (χ2n) is 8.90. The Balaban J connectivity index is 1.44. The first-order valence-electron chi connectivity index (χ1n) is 11.7. The van der Waals surface area contributed by atoms with Crippen molar-refractivity contribution in [3.05, 3.63) is 92.2 Å². The summed E-state index contributed by atoms with van der Waals surface area (Å²) in [5.74, 6) is -0.186. The van der Waals surface area contributed by atoms with E-state index in [-0.39, 0.29) is 28.9 Å². The maximum Gasteiger partial charge on any atom is 0.262 e. The number of nitrogens with one attached hydrogen (secondary N) is 1. The molecule has 1 aromatic heterocycles. The summed E-state index contributed by atoms with van der Waals surface area (Å²) in [5, 5.41) is 18.9. The molecule has 1 unspecified atom stereocenters. The summed E-state index contributed by atoms with van der Waals surface area (Å²) in [7, 11) is 0. The van der Waals surface area contributed by atoms with Crippen molar-refractivity contribution in [2.24, 2.45) is 0 Å². The summed E-state index contributed by atoms with van der Waals surface area (Å²) < 4.78 is 0. The quantitative estimate of drug-likeness (QED) is 0.454. The Morgan fingerprint density at radius 2 is 1.78 bits per heavy atom. The molecule has 2 amide bonds. The Hall–Kier alpha value is -2.94. The van der Waals surface area contributed by atoms with Crippen LogP contribution in [0.2, 0.25) is 5.02 Å². The third-order valence-corrected chi connectivity index (χ3v) is 9.07. The third-order valence-electron chi connectivity index (χ3n) is 6.74. The minimum atomic E-state index is -0.877. The molecule has 36 heavy (non-hydrogen) atoms. The number of carbonyl (C=O) groups excluding carboxylic acids is 2. The topological polar surface area (TPSA) is 72.9 Å². The fourth-order valence-electron chi connectivity index (χ4n) is 4.76. The molecule has 2 N–H and O–H groups in total. The Bertz CT molecular complexity index is 1300. The van der Waals surface area contributed by atoms with Crippen molar-refractivity contribution < 1.29 is 14.7 Å². The molecule has 0 bridgehead atoms. The van der Waals surface area contributed by atoms with Crippen LogP contribution in [0.25, 0.3) is 0 Å². The number of amides is 2. The van der Waals surface area contributed by atoms with Crippen LogP contribution in [0.1, 0.15) is 24.5 Å². The SMILES string of the molecule is CC(=O)N1CCN(c2ccc(C3(c4ccsc4)CC(O)=C(Sc4ccccc4Cl)C(=O)N3)cc2)CC1. The van der Waals surface area contributed by atoms with Crippen molar-refractivity contribution in [3.63, 3.8) is 0 Å². The largest absolute Gasteiger partial charge is 0.511 e. The molecule has 2 aliphatic rings. The number of rotatable bonds is 5. The van der Waals surface area contributed by atoms with E-state index in [1.165, 1.54) is 11.8 Å². The van der Waals surface area contributed by atoms with E-state index in [1.807, 2.05) is 64.2 Å². The van der Waals surface area contributed by atoms with E-state index < -0.39 is 5.54 Å². The fourth-order valence-corrected chi connectivity index (χ4v) is 6.61. The number of nitrogens with zero attached hydrogens (tertiary/aromatic N) is 2.